The van der Waals surface area contributed by atoms with Crippen molar-refractivity contribution < 1.29 is 0 Å². The van der Waals surface area contributed by atoms with Gasteiger partial charge in [0.1, 0.15) is 0 Å². The molecule has 0 radical (unpaired) electrons. The van der Waals surface area contributed by atoms with Crippen LogP contribution in [-0.2, 0) is 0 Å². The molecule has 0 aromatic carbocycles. The summed E-state index contributed by atoms with van der Waals surface area (Å²) >= 11 is 2.16. The summed E-state index contributed by atoms with van der Waals surface area (Å²) in [5, 5.41) is 0. The van der Waals surface area contributed by atoms with Gasteiger partial charge in [0.05, 0.1) is 0 Å². The summed E-state index contributed by atoms with van der Waals surface area (Å²) in [4.78, 5) is 0. The number of fused-ring (bicyclic) bond motifs is 4. The molecule has 1 heteroatoms. The molecule has 9 heavy (non-hydrogen) atoms. The molecule has 1 aliphatic carbocycles. The van der Waals surface area contributed by atoms with Crippen molar-refractivity contribution in [2.75, 3.05) is 11.5 Å². The molecule has 0 aromatic rings. The van der Waals surface area contributed by atoms with E-state index in [1.54, 1.807) is 12.8 Å². The van der Waals surface area contributed by atoms with Crippen LogP contribution in [0.15, 0.2) is 0 Å². The molecular formula is C8H14S. The molecule has 2 aliphatic heterocycles. The van der Waals surface area contributed by atoms with Gasteiger partial charge in [0.2, 0.25) is 0 Å². The first kappa shape index (κ1) is 6.09. The highest BCUT2D eigenvalue weighted by Crippen LogP contribution is 2.41. The van der Waals surface area contributed by atoms with Crippen LogP contribution in [0, 0.1) is 11.8 Å². The predicted octanol–water partition coefficient (Wildman–Crippen LogP) is 2.54. The van der Waals surface area contributed by atoms with Crippen LogP contribution in [0.1, 0.15) is 25.7 Å². The maximum atomic E-state index is 2.16. The van der Waals surface area contributed by atoms with Crippen molar-refractivity contribution in [1.82, 2.24) is 0 Å². The van der Waals surface area contributed by atoms with Crippen molar-refractivity contribution in [3.05, 3.63) is 0 Å². The minimum Gasteiger partial charge on any atom is -0.162 e. The van der Waals surface area contributed by atoms with Gasteiger partial charge in [-0.2, -0.15) is 11.8 Å². The second-order valence-corrected chi connectivity index (χ2v) is 4.62. The van der Waals surface area contributed by atoms with Gasteiger partial charge in [-0.25, -0.2) is 0 Å². The van der Waals surface area contributed by atoms with E-state index in [4.69, 9.17) is 0 Å². The van der Waals surface area contributed by atoms with Gasteiger partial charge in [0.25, 0.3) is 0 Å². The summed E-state index contributed by atoms with van der Waals surface area (Å²) in [6.45, 7) is 0. The minimum absolute atomic E-state index is 1.14. The number of thioether (sulfide) groups is 1. The van der Waals surface area contributed by atoms with E-state index < -0.39 is 0 Å². The van der Waals surface area contributed by atoms with Gasteiger partial charge in [-0.1, -0.05) is 0 Å². The van der Waals surface area contributed by atoms with Crippen LogP contribution in [0.3, 0.4) is 0 Å². The van der Waals surface area contributed by atoms with Gasteiger partial charge in [-0.05, 0) is 49.0 Å². The Morgan fingerprint density at radius 1 is 0.889 bits per heavy atom. The maximum absolute atomic E-state index is 2.16. The normalized spacial score (nSPS) is 42.7. The van der Waals surface area contributed by atoms with Gasteiger partial charge in [-0.15, -0.1) is 0 Å². The van der Waals surface area contributed by atoms with Crippen molar-refractivity contribution in [2.45, 2.75) is 25.7 Å². The first-order valence-electron chi connectivity index (χ1n) is 4.03. The number of rotatable bonds is 0. The quantitative estimate of drug-likeness (QED) is 0.501. The van der Waals surface area contributed by atoms with E-state index in [1.807, 2.05) is 0 Å². The Hall–Kier alpha value is 0.350. The third kappa shape index (κ3) is 1.26. The topological polar surface area (TPSA) is 0 Å². The van der Waals surface area contributed by atoms with Gasteiger partial charge in [0.15, 0.2) is 0 Å². The minimum atomic E-state index is 1.14. The van der Waals surface area contributed by atoms with E-state index >= 15 is 0 Å². The third-order valence-corrected chi connectivity index (χ3v) is 3.72. The highest BCUT2D eigenvalue weighted by Gasteiger charge is 2.29. The smallest absolute Gasteiger partial charge is 0.00649 e. The molecule has 3 fully saturated rings. The molecule has 0 amide bonds. The average Bonchev–Trinajstić information content (AvgIpc) is 1.54. The SMILES string of the molecule is C1CC2CC(CCS1)C2. The molecule has 2 bridgehead atoms. The molecule has 0 atom stereocenters. The fourth-order valence-electron chi connectivity index (χ4n) is 1.95. The fourth-order valence-corrected chi connectivity index (χ4v) is 3.15. The van der Waals surface area contributed by atoms with Crippen LogP contribution in [0.2, 0.25) is 0 Å². The van der Waals surface area contributed by atoms with Crippen LogP contribution in [0.25, 0.3) is 0 Å². The molecule has 2 saturated heterocycles. The Bertz CT molecular complexity index is 79.2. The molecule has 3 aliphatic rings. The highest BCUT2D eigenvalue weighted by atomic mass is 32.2. The lowest BCUT2D eigenvalue weighted by atomic mass is 9.72. The Morgan fingerprint density at radius 3 is 2.00 bits per heavy atom. The number of hydrogen-bond acceptors (Lipinski definition) is 1. The zero-order chi connectivity index (χ0) is 6.10. The van der Waals surface area contributed by atoms with E-state index in [9.17, 15) is 0 Å². The predicted molar refractivity (Wildman–Crippen MR) is 42.8 cm³/mol. The lowest BCUT2D eigenvalue weighted by Gasteiger charge is -2.37. The van der Waals surface area contributed by atoms with Crippen LogP contribution >= 0.6 is 11.8 Å². The molecule has 2 heterocycles. The zero-order valence-corrected chi connectivity index (χ0v) is 6.62. The first-order chi connectivity index (χ1) is 4.45. The third-order valence-electron chi connectivity index (χ3n) is 2.67. The molecule has 0 spiro atoms. The molecule has 0 aromatic heterocycles. The Labute approximate surface area is 61.4 Å². The van der Waals surface area contributed by atoms with Crippen LogP contribution < -0.4 is 0 Å². The van der Waals surface area contributed by atoms with Gasteiger partial charge in [-0.3, -0.25) is 0 Å². The van der Waals surface area contributed by atoms with Gasteiger partial charge < -0.3 is 0 Å². The summed E-state index contributed by atoms with van der Waals surface area (Å²) < 4.78 is 0. The van der Waals surface area contributed by atoms with E-state index in [-0.39, 0.29) is 0 Å². The zero-order valence-electron chi connectivity index (χ0n) is 5.81. The van der Waals surface area contributed by atoms with Crippen molar-refractivity contribution in [2.24, 2.45) is 11.8 Å². The molecular weight excluding hydrogens is 128 g/mol. The van der Waals surface area contributed by atoms with E-state index in [0.717, 1.165) is 11.8 Å². The summed E-state index contributed by atoms with van der Waals surface area (Å²) in [7, 11) is 0. The standard InChI is InChI=1S/C8H14S/c1-3-9-4-2-8-5-7(1)6-8/h7-8H,1-6H2. The van der Waals surface area contributed by atoms with E-state index in [0.29, 0.717) is 0 Å². The highest BCUT2D eigenvalue weighted by molar-refractivity contribution is 7.99. The second-order valence-electron chi connectivity index (χ2n) is 3.39. The molecule has 3 rings (SSSR count). The Balaban J connectivity index is 1.85. The molecule has 0 nitrogen and oxygen atoms in total. The first-order valence-corrected chi connectivity index (χ1v) is 5.18. The summed E-state index contributed by atoms with van der Waals surface area (Å²) in [5.74, 6) is 5.17. The van der Waals surface area contributed by atoms with Gasteiger partial charge in [0, 0.05) is 0 Å². The largest absolute Gasteiger partial charge is 0.162 e. The lowest BCUT2D eigenvalue weighted by molar-refractivity contribution is 0.182. The Kier molecular flexibility index (Phi) is 1.71. The van der Waals surface area contributed by atoms with Crippen LogP contribution in [-0.4, -0.2) is 11.5 Å². The average molecular weight is 142 g/mol. The van der Waals surface area contributed by atoms with Crippen molar-refractivity contribution in [3.63, 3.8) is 0 Å². The van der Waals surface area contributed by atoms with Crippen molar-refractivity contribution in [1.29, 1.82) is 0 Å². The summed E-state index contributed by atoms with van der Waals surface area (Å²) in [6, 6.07) is 0. The maximum Gasteiger partial charge on any atom is -0.00649 e. The molecule has 52 valence electrons. The van der Waals surface area contributed by atoms with Crippen LogP contribution in [0.4, 0.5) is 0 Å². The van der Waals surface area contributed by atoms with Crippen LogP contribution in [0.5, 0.6) is 0 Å². The lowest BCUT2D eigenvalue weighted by Crippen LogP contribution is -2.26. The molecule has 0 unspecified atom stereocenters. The Morgan fingerprint density at radius 2 is 1.44 bits per heavy atom. The summed E-state index contributed by atoms with van der Waals surface area (Å²) in [5.41, 5.74) is 0. The molecule has 1 saturated carbocycles. The molecule has 0 N–H and O–H groups in total. The second kappa shape index (κ2) is 2.53. The van der Waals surface area contributed by atoms with E-state index in [2.05, 4.69) is 11.8 Å². The van der Waals surface area contributed by atoms with Gasteiger partial charge >= 0.3 is 0 Å². The number of hydrogen-bond donors (Lipinski definition) is 0. The van der Waals surface area contributed by atoms with Crippen molar-refractivity contribution >= 4 is 11.8 Å². The summed E-state index contributed by atoms with van der Waals surface area (Å²) in [6.07, 6.45) is 6.17. The van der Waals surface area contributed by atoms with E-state index in [1.165, 1.54) is 24.3 Å². The van der Waals surface area contributed by atoms with Crippen molar-refractivity contribution in [3.8, 4) is 0 Å². The monoisotopic (exact) mass is 142 g/mol. The fraction of sp³-hybridized carbons (Fsp3) is 1.00.